The Labute approximate surface area is 112 Å². The molecule has 1 N–H and O–H groups in total. The summed E-state index contributed by atoms with van der Waals surface area (Å²) in [6, 6.07) is 7.54. The van der Waals surface area contributed by atoms with E-state index in [-0.39, 0.29) is 5.91 Å². The fraction of sp³-hybridized carbons (Fsp3) is 0.467. The highest BCUT2D eigenvalue weighted by Gasteiger charge is 2.35. The summed E-state index contributed by atoms with van der Waals surface area (Å²) in [5.41, 5.74) is 2.35. The molecule has 2 aliphatic rings. The second-order valence-corrected chi connectivity index (χ2v) is 5.43. The fourth-order valence-corrected chi connectivity index (χ4v) is 2.75. The number of likely N-dealkylation sites (tertiary alicyclic amines) is 1. The molecule has 1 heterocycles. The van der Waals surface area contributed by atoms with Crippen LogP contribution >= 0.6 is 0 Å². The molecule has 19 heavy (non-hydrogen) atoms. The molecule has 1 atom stereocenters. The number of amides is 1. The molecule has 4 heteroatoms. The Morgan fingerprint density at radius 2 is 2.11 bits per heavy atom. The van der Waals surface area contributed by atoms with Gasteiger partial charge in [0, 0.05) is 13.0 Å². The third-order valence-corrected chi connectivity index (χ3v) is 3.97. The van der Waals surface area contributed by atoms with Crippen molar-refractivity contribution in [3.8, 4) is 0 Å². The predicted molar refractivity (Wildman–Crippen MR) is 69.6 cm³/mol. The van der Waals surface area contributed by atoms with E-state index >= 15 is 0 Å². The zero-order chi connectivity index (χ0) is 13.4. The van der Waals surface area contributed by atoms with Crippen LogP contribution < -0.4 is 0 Å². The molecule has 1 aromatic rings. The summed E-state index contributed by atoms with van der Waals surface area (Å²) in [6.45, 7) is 0.413. The van der Waals surface area contributed by atoms with E-state index in [0.29, 0.717) is 25.3 Å². The van der Waals surface area contributed by atoms with Crippen molar-refractivity contribution >= 4 is 11.9 Å². The molecule has 1 aliphatic carbocycles. The maximum atomic E-state index is 11.8. The molecule has 4 nitrogen and oxygen atoms in total. The van der Waals surface area contributed by atoms with E-state index < -0.39 is 12.0 Å². The molecular formula is C15H17NO3. The van der Waals surface area contributed by atoms with Gasteiger partial charge in [-0.05, 0) is 36.3 Å². The molecule has 100 valence electrons. The van der Waals surface area contributed by atoms with Crippen LogP contribution in [0.15, 0.2) is 24.3 Å². The van der Waals surface area contributed by atoms with Crippen molar-refractivity contribution < 1.29 is 14.7 Å². The maximum absolute atomic E-state index is 11.8. The molecule has 0 radical (unpaired) electrons. The normalized spacial score (nSPS) is 22.8. The Morgan fingerprint density at radius 3 is 2.79 bits per heavy atom. The van der Waals surface area contributed by atoms with Gasteiger partial charge in [0.25, 0.3) is 0 Å². The molecule has 2 fully saturated rings. The van der Waals surface area contributed by atoms with Gasteiger partial charge >= 0.3 is 5.97 Å². The monoisotopic (exact) mass is 259 g/mol. The third-order valence-electron chi connectivity index (χ3n) is 3.97. The third kappa shape index (κ3) is 2.48. The second kappa shape index (κ2) is 4.68. The van der Waals surface area contributed by atoms with Gasteiger partial charge < -0.3 is 10.0 Å². The van der Waals surface area contributed by atoms with Crippen LogP contribution in [0.25, 0.3) is 0 Å². The van der Waals surface area contributed by atoms with Gasteiger partial charge in [0.15, 0.2) is 0 Å². The Kier molecular flexibility index (Phi) is 3.01. The fourth-order valence-electron chi connectivity index (χ4n) is 2.75. The summed E-state index contributed by atoms with van der Waals surface area (Å²) in [5, 5.41) is 9.14. The quantitative estimate of drug-likeness (QED) is 0.901. The van der Waals surface area contributed by atoms with E-state index in [1.54, 1.807) is 0 Å². The molecule has 1 aliphatic heterocycles. The van der Waals surface area contributed by atoms with Crippen LogP contribution in [0.2, 0.25) is 0 Å². The number of carbonyl (C=O) groups is 2. The lowest BCUT2D eigenvalue weighted by Gasteiger charge is -2.21. The molecule has 0 bridgehead atoms. The number of carboxylic acid groups (broad SMARTS) is 1. The molecule has 1 unspecified atom stereocenters. The van der Waals surface area contributed by atoms with Crippen molar-refractivity contribution in [3.05, 3.63) is 35.4 Å². The van der Waals surface area contributed by atoms with Crippen molar-refractivity contribution in [3.63, 3.8) is 0 Å². The molecule has 0 spiro atoms. The number of hydrogen-bond acceptors (Lipinski definition) is 2. The molecule has 1 saturated heterocycles. The molecule has 1 aromatic carbocycles. The average molecular weight is 259 g/mol. The SMILES string of the molecule is O=C(O)C1CCC(=O)N1Cc1cccc(C2CC2)c1. The standard InChI is InChI=1S/C15H17NO3/c17-14-7-6-13(15(18)19)16(14)9-10-2-1-3-12(8-10)11-4-5-11/h1-3,8,11,13H,4-7,9H2,(H,18,19). The van der Waals surface area contributed by atoms with Gasteiger partial charge in [0.05, 0.1) is 0 Å². The number of carboxylic acids is 1. The summed E-state index contributed by atoms with van der Waals surface area (Å²) in [7, 11) is 0. The number of nitrogens with zero attached hydrogens (tertiary/aromatic N) is 1. The van der Waals surface area contributed by atoms with Crippen LogP contribution in [-0.4, -0.2) is 27.9 Å². The summed E-state index contributed by atoms with van der Waals surface area (Å²) < 4.78 is 0. The minimum absolute atomic E-state index is 0.0516. The van der Waals surface area contributed by atoms with Crippen molar-refractivity contribution in [2.75, 3.05) is 0 Å². The first-order valence-corrected chi connectivity index (χ1v) is 6.76. The lowest BCUT2D eigenvalue weighted by atomic mass is 10.1. The number of rotatable bonds is 4. The lowest BCUT2D eigenvalue weighted by molar-refractivity contribution is -0.146. The zero-order valence-electron chi connectivity index (χ0n) is 10.7. The molecule has 1 amide bonds. The maximum Gasteiger partial charge on any atom is 0.326 e. The van der Waals surface area contributed by atoms with Crippen molar-refractivity contribution in [2.24, 2.45) is 0 Å². The average Bonchev–Trinajstić information content (AvgIpc) is 3.16. The van der Waals surface area contributed by atoms with Gasteiger partial charge in [-0.25, -0.2) is 4.79 Å². The van der Waals surface area contributed by atoms with E-state index in [2.05, 4.69) is 12.1 Å². The Bertz CT molecular complexity index is 522. The van der Waals surface area contributed by atoms with Crippen LogP contribution in [0.1, 0.15) is 42.7 Å². The van der Waals surface area contributed by atoms with Gasteiger partial charge in [-0.1, -0.05) is 24.3 Å². The summed E-state index contributed by atoms with van der Waals surface area (Å²) >= 11 is 0. The highest BCUT2D eigenvalue weighted by Crippen LogP contribution is 2.40. The molecule has 3 rings (SSSR count). The lowest BCUT2D eigenvalue weighted by Crippen LogP contribution is -2.37. The number of aliphatic carboxylic acids is 1. The molecule has 0 aromatic heterocycles. The van der Waals surface area contributed by atoms with Crippen LogP contribution in [0, 0.1) is 0 Å². The van der Waals surface area contributed by atoms with E-state index in [1.807, 2.05) is 12.1 Å². The number of hydrogen-bond donors (Lipinski definition) is 1. The largest absolute Gasteiger partial charge is 0.480 e. The second-order valence-electron chi connectivity index (χ2n) is 5.43. The number of benzene rings is 1. The highest BCUT2D eigenvalue weighted by molar-refractivity contribution is 5.87. The minimum atomic E-state index is -0.899. The first kappa shape index (κ1) is 12.2. The van der Waals surface area contributed by atoms with Crippen LogP contribution in [0.4, 0.5) is 0 Å². The molecular weight excluding hydrogens is 242 g/mol. The van der Waals surface area contributed by atoms with Crippen molar-refractivity contribution in [1.29, 1.82) is 0 Å². The van der Waals surface area contributed by atoms with Gasteiger partial charge in [-0.2, -0.15) is 0 Å². The predicted octanol–water partition coefficient (Wildman–Crippen LogP) is 2.14. The zero-order valence-corrected chi connectivity index (χ0v) is 10.7. The van der Waals surface area contributed by atoms with E-state index in [1.165, 1.54) is 23.3 Å². The van der Waals surface area contributed by atoms with Crippen molar-refractivity contribution in [2.45, 2.75) is 44.2 Å². The van der Waals surface area contributed by atoms with Gasteiger partial charge in [0.1, 0.15) is 6.04 Å². The Morgan fingerprint density at radius 1 is 1.32 bits per heavy atom. The van der Waals surface area contributed by atoms with Crippen LogP contribution in [-0.2, 0) is 16.1 Å². The minimum Gasteiger partial charge on any atom is -0.480 e. The summed E-state index contributed by atoms with van der Waals surface area (Å²) in [4.78, 5) is 24.4. The van der Waals surface area contributed by atoms with E-state index in [4.69, 9.17) is 5.11 Å². The molecule has 1 saturated carbocycles. The summed E-state index contributed by atoms with van der Waals surface area (Å²) in [5.74, 6) is -0.280. The first-order chi connectivity index (χ1) is 9.15. The van der Waals surface area contributed by atoms with Crippen molar-refractivity contribution in [1.82, 2.24) is 4.90 Å². The van der Waals surface area contributed by atoms with E-state index in [0.717, 1.165) is 5.56 Å². The van der Waals surface area contributed by atoms with Gasteiger partial charge in [-0.3, -0.25) is 4.79 Å². The van der Waals surface area contributed by atoms with Gasteiger partial charge in [-0.15, -0.1) is 0 Å². The van der Waals surface area contributed by atoms with Crippen LogP contribution in [0.3, 0.4) is 0 Å². The number of carbonyl (C=O) groups excluding carboxylic acids is 1. The topological polar surface area (TPSA) is 57.6 Å². The van der Waals surface area contributed by atoms with E-state index in [9.17, 15) is 9.59 Å². The summed E-state index contributed by atoms with van der Waals surface area (Å²) in [6.07, 6.45) is 3.25. The van der Waals surface area contributed by atoms with Crippen LogP contribution in [0.5, 0.6) is 0 Å². The Balaban J connectivity index is 1.77. The highest BCUT2D eigenvalue weighted by atomic mass is 16.4. The van der Waals surface area contributed by atoms with Gasteiger partial charge in [0.2, 0.25) is 5.91 Å². The smallest absolute Gasteiger partial charge is 0.326 e. The Hall–Kier alpha value is -1.84. The first-order valence-electron chi connectivity index (χ1n) is 6.76.